The minimum atomic E-state index is -1.01. The molecule has 0 bridgehead atoms. The van der Waals surface area contributed by atoms with Gasteiger partial charge in [0.2, 0.25) is 5.91 Å². The van der Waals surface area contributed by atoms with Gasteiger partial charge in [-0.25, -0.2) is 9.59 Å². The number of alkyl carbamates (subject to hydrolysis) is 1. The number of hydrogen-bond donors (Lipinski definition) is 3. The zero-order valence-corrected chi connectivity index (χ0v) is 20.1. The zero-order valence-electron chi connectivity index (χ0n) is 20.1. The molecule has 0 heterocycles. The number of methoxy groups -OCH3 is 1. The van der Waals surface area contributed by atoms with Crippen molar-refractivity contribution >= 4 is 23.9 Å². The molecule has 10 nitrogen and oxygen atoms in total. The van der Waals surface area contributed by atoms with Gasteiger partial charge >= 0.3 is 12.1 Å². The Kier molecular flexibility index (Phi) is 10.0. The van der Waals surface area contributed by atoms with Crippen LogP contribution < -0.4 is 20.9 Å². The largest absolute Gasteiger partial charge is 0.497 e. The Bertz CT molecular complexity index is 1190. The van der Waals surface area contributed by atoms with Gasteiger partial charge in [-0.2, -0.15) is 5.48 Å². The smallest absolute Gasteiger partial charge is 0.408 e. The van der Waals surface area contributed by atoms with Gasteiger partial charge in [0, 0.05) is 6.42 Å². The minimum Gasteiger partial charge on any atom is -0.497 e. The van der Waals surface area contributed by atoms with E-state index in [0.717, 1.165) is 11.1 Å². The fourth-order valence-corrected chi connectivity index (χ4v) is 3.18. The second-order valence-electron chi connectivity index (χ2n) is 7.81. The maximum atomic E-state index is 12.8. The van der Waals surface area contributed by atoms with Crippen LogP contribution in [0.5, 0.6) is 5.75 Å². The van der Waals surface area contributed by atoms with E-state index in [2.05, 4.69) is 10.6 Å². The number of carbonyl (C=O) groups is 4. The molecule has 0 saturated carbocycles. The lowest BCUT2D eigenvalue weighted by Crippen LogP contribution is -2.50. The lowest BCUT2D eigenvalue weighted by molar-refractivity contribution is -0.132. The molecule has 192 valence electrons. The topological polar surface area (TPSA) is 132 Å². The van der Waals surface area contributed by atoms with Crippen LogP contribution >= 0.6 is 0 Å². The lowest BCUT2D eigenvalue weighted by atomic mass is 10.1. The van der Waals surface area contributed by atoms with E-state index < -0.39 is 36.5 Å². The van der Waals surface area contributed by atoms with Crippen LogP contribution in [0.2, 0.25) is 0 Å². The molecular weight excluding hydrogens is 478 g/mol. The van der Waals surface area contributed by atoms with Crippen molar-refractivity contribution in [2.45, 2.75) is 19.1 Å². The van der Waals surface area contributed by atoms with Crippen LogP contribution in [-0.2, 0) is 32.2 Å². The molecule has 1 unspecified atom stereocenters. The molecule has 10 heteroatoms. The summed E-state index contributed by atoms with van der Waals surface area (Å²) in [5, 5.41) is 4.97. The normalized spacial score (nSPS) is 10.9. The zero-order chi connectivity index (χ0) is 26.5. The first-order valence-corrected chi connectivity index (χ1v) is 11.4. The van der Waals surface area contributed by atoms with Crippen LogP contribution in [0.25, 0.3) is 0 Å². The molecule has 3 aromatic carbocycles. The summed E-state index contributed by atoms with van der Waals surface area (Å²) in [5.41, 5.74) is 3.78. The molecule has 3 amide bonds. The van der Waals surface area contributed by atoms with Crippen LogP contribution in [0.3, 0.4) is 0 Å². The van der Waals surface area contributed by atoms with E-state index in [1.54, 1.807) is 12.1 Å². The molecular formula is C27H27N3O7. The third kappa shape index (κ3) is 9.02. The maximum absolute atomic E-state index is 12.8. The van der Waals surface area contributed by atoms with Gasteiger partial charge in [0.1, 0.15) is 18.4 Å². The average molecular weight is 506 g/mol. The van der Waals surface area contributed by atoms with Crippen LogP contribution in [0, 0.1) is 0 Å². The quantitative estimate of drug-likeness (QED) is 0.361. The third-order valence-corrected chi connectivity index (χ3v) is 5.11. The first-order valence-electron chi connectivity index (χ1n) is 11.4. The predicted molar refractivity (Wildman–Crippen MR) is 133 cm³/mol. The molecule has 0 spiro atoms. The van der Waals surface area contributed by atoms with Crippen LogP contribution in [0.15, 0.2) is 84.9 Å². The molecule has 3 N–H and O–H groups in total. The first-order chi connectivity index (χ1) is 17.9. The number of hydroxylamine groups is 1. The number of carbonyl (C=O) groups excluding carboxylic acids is 4. The average Bonchev–Trinajstić information content (AvgIpc) is 2.94. The fourth-order valence-electron chi connectivity index (χ4n) is 3.18. The van der Waals surface area contributed by atoms with Gasteiger partial charge in [0.25, 0.3) is 5.91 Å². The molecule has 3 aromatic rings. The Labute approximate surface area is 213 Å². The van der Waals surface area contributed by atoms with Gasteiger partial charge in [0.15, 0.2) is 0 Å². The number of benzene rings is 3. The molecule has 0 aromatic heterocycles. The van der Waals surface area contributed by atoms with Crippen molar-refractivity contribution in [3.05, 3.63) is 102 Å². The van der Waals surface area contributed by atoms with E-state index in [4.69, 9.17) is 14.3 Å². The molecule has 0 aliphatic heterocycles. The van der Waals surface area contributed by atoms with E-state index in [9.17, 15) is 19.2 Å². The minimum absolute atomic E-state index is 0.0360. The second kappa shape index (κ2) is 13.9. The number of amides is 3. The standard InChI is InChI=1S/C27H27N3O7/c1-35-22-14-12-21(13-15-22)26(33)37-30-24(31)17-28-25(32)23(16-19-8-4-2-5-9-19)29-27(34)36-18-20-10-6-3-7-11-20/h2-15,23H,16-18H2,1H3,(H,28,32)(H,29,34)(H,30,31). The van der Waals surface area contributed by atoms with E-state index >= 15 is 0 Å². The van der Waals surface area contributed by atoms with Gasteiger partial charge < -0.3 is 24.9 Å². The number of ether oxygens (including phenoxy) is 2. The van der Waals surface area contributed by atoms with E-state index in [1.165, 1.54) is 19.2 Å². The molecule has 0 aliphatic carbocycles. The van der Waals surface area contributed by atoms with E-state index in [1.807, 2.05) is 66.1 Å². The number of nitrogens with one attached hydrogen (secondary N) is 3. The summed E-state index contributed by atoms with van der Waals surface area (Å²) in [6.45, 7) is -0.449. The summed E-state index contributed by atoms with van der Waals surface area (Å²) < 4.78 is 10.2. The maximum Gasteiger partial charge on any atom is 0.408 e. The Hall–Kier alpha value is -4.86. The van der Waals surface area contributed by atoms with Crippen LogP contribution in [0.1, 0.15) is 21.5 Å². The van der Waals surface area contributed by atoms with Gasteiger partial charge in [-0.1, -0.05) is 60.7 Å². The molecule has 3 rings (SSSR count). The summed E-state index contributed by atoms with van der Waals surface area (Å²) in [7, 11) is 1.50. The third-order valence-electron chi connectivity index (χ3n) is 5.11. The van der Waals surface area contributed by atoms with Crippen molar-refractivity contribution in [3.8, 4) is 5.75 Å². The predicted octanol–water partition coefficient (Wildman–Crippen LogP) is 2.54. The van der Waals surface area contributed by atoms with Gasteiger partial charge in [-0.3, -0.25) is 9.59 Å². The van der Waals surface area contributed by atoms with Crippen molar-refractivity contribution in [2.75, 3.05) is 13.7 Å². The summed E-state index contributed by atoms with van der Waals surface area (Å²) in [4.78, 5) is 54.1. The van der Waals surface area contributed by atoms with Crippen molar-refractivity contribution in [1.82, 2.24) is 16.1 Å². The van der Waals surface area contributed by atoms with Crippen molar-refractivity contribution in [2.24, 2.45) is 0 Å². The Morgan fingerprint density at radius 3 is 2.05 bits per heavy atom. The molecule has 0 saturated heterocycles. The second-order valence-corrected chi connectivity index (χ2v) is 7.81. The van der Waals surface area contributed by atoms with Crippen molar-refractivity contribution < 1.29 is 33.5 Å². The molecule has 37 heavy (non-hydrogen) atoms. The van der Waals surface area contributed by atoms with E-state index in [-0.39, 0.29) is 18.6 Å². The number of rotatable bonds is 10. The summed E-state index contributed by atoms with van der Waals surface area (Å²) in [6, 6.07) is 23.3. The Morgan fingerprint density at radius 2 is 1.43 bits per heavy atom. The van der Waals surface area contributed by atoms with Crippen LogP contribution in [0.4, 0.5) is 4.79 Å². The summed E-state index contributed by atoms with van der Waals surface area (Å²) in [6.07, 6.45) is -0.612. The Balaban J connectivity index is 1.51. The lowest BCUT2D eigenvalue weighted by Gasteiger charge is -2.18. The van der Waals surface area contributed by atoms with Crippen LogP contribution in [-0.4, -0.2) is 43.6 Å². The highest BCUT2D eigenvalue weighted by atomic mass is 16.7. The molecule has 0 fully saturated rings. The summed E-state index contributed by atoms with van der Waals surface area (Å²) >= 11 is 0. The fraction of sp³-hybridized carbons (Fsp3) is 0.185. The van der Waals surface area contributed by atoms with E-state index in [0.29, 0.717) is 5.75 Å². The highest BCUT2D eigenvalue weighted by molar-refractivity contribution is 5.92. The number of hydrogen-bond acceptors (Lipinski definition) is 7. The van der Waals surface area contributed by atoms with Gasteiger partial charge in [-0.15, -0.1) is 0 Å². The monoisotopic (exact) mass is 505 g/mol. The van der Waals surface area contributed by atoms with Crippen molar-refractivity contribution in [3.63, 3.8) is 0 Å². The molecule has 0 aliphatic rings. The SMILES string of the molecule is COc1ccc(C(=O)ONC(=O)CNC(=O)C(Cc2ccccc2)NC(=O)OCc2ccccc2)cc1. The van der Waals surface area contributed by atoms with Crippen molar-refractivity contribution in [1.29, 1.82) is 0 Å². The molecule has 1 atom stereocenters. The highest BCUT2D eigenvalue weighted by Crippen LogP contribution is 2.11. The molecule has 0 radical (unpaired) electrons. The summed E-state index contributed by atoms with van der Waals surface area (Å²) in [5.74, 6) is -1.60. The van der Waals surface area contributed by atoms with Gasteiger partial charge in [-0.05, 0) is 35.4 Å². The Morgan fingerprint density at radius 1 is 0.811 bits per heavy atom. The van der Waals surface area contributed by atoms with Gasteiger partial charge in [0.05, 0.1) is 19.2 Å². The first kappa shape index (κ1) is 26.7. The highest BCUT2D eigenvalue weighted by Gasteiger charge is 2.23.